The molecule has 17 nitrogen and oxygen atoms in total. The number of carbonyl (C=O) groups excluding carboxylic acids is 2. The van der Waals surface area contributed by atoms with Gasteiger partial charge in [-0.25, -0.2) is 14.4 Å². The zero-order valence-electron chi connectivity index (χ0n) is 35.9. The lowest BCUT2D eigenvalue weighted by Crippen LogP contribution is -2.48. The Kier molecular flexibility index (Phi) is 28.0. The van der Waals surface area contributed by atoms with Crippen molar-refractivity contribution in [2.75, 3.05) is 33.4 Å². The quantitative estimate of drug-likeness (QED) is 0.0361. The van der Waals surface area contributed by atoms with Gasteiger partial charge in [0.25, 0.3) is 5.56 Å². The van der Waals surface area contributed by atoms with E-state index in [1.165, 1.54) is 84.2 Å². The number of nitrogens with zero attached hydrogens (tertiary/aromatic N) is 1. The maximum Gasteiger partial charge on any atom is 0.407 e. The molecule has 2 rings (SSSR count). The summed E-state index contributed by atoms with van der Waals surface area (Å²) in [4.78, 5) is 53.6. The maximum absolute atomic E-state index is 13.3. The monoisotopic (exact) mass is 845 g/mol. The molecule has 1 aliphatic heterocycles. The van der Waals surface area contributed by atoms with E-state index in [2.05, 4.69) is 29.5 Å². The number of aliphatic hydroxyl groups is 4. The third-order valence-corrected chi connectivity index (χ3v) is 10.6. The molecule has 1 aliphatic rings. The van der Waals surface area contributed by atoms with Gasteiger partial charge in [-0.3, -0.25) is 14.3 Å². The number of hydrogen-bond donors (Lipinski definition) is 7. The molecule has 8 atom stereocenters. The van der Waals surface area contributed by atoms with Crippen molar-refractivity contribution in [2.24, 2.45) is 0 Å². The number of unbranched alkanes of at least 4 members (excludes halogenated alkanes) is 18. The van der Waals surface area contributed by atoms with Crippen LogP contribution in [0.2, 0.25) is 0 Å². The predicted octanol–water partition coefficient (Wildman–Crippen LogP) is 4.92. The second-order valence-electron chi connectivity index (χ2n) is 15.5. The lowest BCUT2D eigenvalue weighted by Gasteiger charge is -2.29. The Morgan fingerprint density at radius 1 is 0.746 bits per heavy atom. The number of ether oxygens (including phenoxy) is 5. The molecule has 59 heavy (non-hydrogen) atoms. The average Bonchev–Trinajstić information content (AvgIpc) is 3.53. The molecule has 0 aliphatic carbocycles. The molecule has 0 aromatic carbocycles. The van der Waals surface area contributed by atoms with E-state index in [0.717, 1.165) is 55.4 Å². The summed E-state index contributed by atoms with van der Waals surface area (Å²) in [6.07, 6.45) is 9.67. The van der Waals surface area contributed by atoms with E-state index in [1.54, 1.807) is 0 Å². The third-order valence-electron chi connectivity index (χ3n) is 10.6. The number of aromatic amines is 1. The highest BCUT2D eigenvalue weighted by atomic mass is 16.7. The Labute approximate surface area is 349 Å². The van der Waals surface area contributed by atoms with E-state index in [0.29, 0.717) is 25.9 Å². The Balaban J connectivity index is 2.15. The largest absolute Gasteiger partial charge is 0.439 e. The molecule has 342 valence electrons. The predicted molar refractivity (Wildman–Crippen MR) is 222 cm³/mol. The van der Waals surface area contributed by atoms with Crippen LogP contribution in [0.4, 0.5) is 9.59 Å². The highest BCUT2D eigenvalue weighted by Gasteiger charge is 2.51. The number of hydrogen-bond acceptors (Lipinski definition) is 13. The molecular weight excluding hydrogens is 768 g/mol. The van der Waals surface area contributed by atoms with Crippen LogP contribution < -0.4 is 21.9 Å². The summed E-state index contributed by atoms with van der Waals surface area (Å²) >= 11 is 0. The number of methoxy groups -OCH3 is 1. The number of nitrogens with one attached hydrogen (secondary N) is 3. The minimum absolute atomic E-state index is 0.222. The SMILES string of the molecule is CCCCCCCCCCCCNC(=O)OC1[C@@H](CO[C@H](OC)[C@@H](O)C(O)[C@H](O)CCO)O[C@@H](n2ccc(=O)[nH]c2=O)[C@H]1OC(=O)NCCCCCCCCCCCC. The van der Waals surface area contributed by atoms with Crippen LogP contribution >= 0.6 is 0 Å². The summed E-state index contributed by atoms with van der Waals surface area (Å²) < 4.78 is 29.8. The smallest absolute Gasteiger partial charge is 0.407 e. The van der Waals surface area contributed by atoms with E-state index in [1.807, 2.05) is 0 Å². The molecule has 1 fully saturated rings. The van der Waals surface area contributed by atoms with Crippen molar-refractivity contribution in [3.05, 3.63) is 33.1 Å². The summed E-state index contributed by atoms with van der Waals surface area (Å²) in [7, 11) is 1.19. The van der Waals surface area contributed by atoms with Crippen LogP contribution in [0, 0.1) is 0 Å². The van der Waals surface area contributed by atoms with Gasteiger partial charge < -0.3 is 54.7 Å². The summed E-state index contributed by atoms with van der Waals surface area (Å²) in [5.74, 6) is 0. The molecular formula is C42H76N4O13. The zero-order valence-corrected chi connectivity index (χ0v) is 35.9. The topological polar surface area (TPSA) is 240 Å². The van der Waals surface area contributed by atoms with Crippen LogP contribution in [-0.2, 0) is 23.7 Å². The number of amides is 2. The Hall–Kier alpha value is -3.06. The molecule has 1 saturated heterocycles. The van der Waals surface area contributed by atoms with Gasteiger partial charge in [-0.05, 0) is 19.3 Å². The molecule has 2 unspecified atom stereocenters. The molecule has 7 N–H and O–H groups in total. The minimum atomic E-state index is -1.78. The van der Waals surface area contributed by atoms with Crippen LogP contribution in [-0.4, -0.2) is 118 Å². The Bertz CT molecular complexity index is 1360. The first kappa shape index (κ1) is 52.1. The fraction of sp³-hybridized carbons (Fsp3) is 0.857. The molecule has 2 amide bonds. The molecule has 17 heteroatoms. The number of aliphatic hydroxyl groups excluding tert-OH is 4. The summed E-state index contributed by atoms with van der Waals surface area (Å²) in [6.45, 7) is 4.12. The van der Waals surface area contributed by atoms with Gasteiger partial charge in [0.15, 0.2) is 24.7 Å². The fourth-order valence-corrected chi connectivity index (χ4v) is 7.09. The number of rotatable bonds is 34. The first-order valence-electron chi connectivity index (χ1n) is 22.2. The van der Waals surface area contributed by atoms with Gasteiger partial charge in [-0.1, -0.05) is 129 Å². The van der Waals surface area contributed by atoms with Crippen molar-refractivity contribution in [1.82, 2.24) is 20.2 Å². The second kappa shape index (κ2) is 31.8. The molecule has 0 saturated carbocycles. The molecule has 0 spiro atoms. The third kappa shape index (κ3) is 20.8. The molecule has 0 bridgehead atoms. The lowest BCUT2D eigenvalue weighted by atomic mass is 10.1. The van der Waals surface area contributed by atoms with E-state index >= 15 is 0 Å². The van der Waals surface area contributed by atoms with Crippen molar-refractivity contribution < 1.29 is 53.7 Å². The van der Waals surface area contributed by atoms with Gasteiger partial charge in [0.1, 0.15) is 18.3 Å². The highest BCUT2D eigenvalue weighted by Crippen LogP contribution is 2.34. The first-order valence-corrected chi connectivity index (χ1v) is 22.2. The average molecular weight is 845 g/mol. The zero-order chi connectivity index (χ0) is 43.3. The van der Waals surface area contributed by atoms with Gasteiger partial charge in [-0.15, -0.1) is 0 Å². The molecule has 0 radical (unpaired) electrons. The fourth-order valence-electron chi connectivity index (χ4n) is 7.09. The molecule has 2 heterocycles. The van der Waals surface area contributed by atoms with E-state index < -0.39 is 85.8 Å². The Morgan fingerprint density at radius 3 is 1.68 bits per heavy atom. The summed E-state index contributed by atoms with van der Waals surface area (Å²) in [5, 5.41) is 45.9. The number of H-pyrrole nitrogens is 1. The number of alkyl carbamates (subject to hydrolysis) is 2. The first-order chi connectivity index (χ1) is 28.6. The van der Waals surface area contributed by atoms with Gasteiger partial charge in [-0.2, -0.15) is 0 Å². The van der Waals surface area contributed by atoms with Crippen molar-refractivity contribution in [3.63, 3.8) is 0 Å². The van der Waals surface area contributed by atoms with Crippen LogP contribution in [0.5, 0.6) is 0 Å². The summed E-state index contributed by atoms with van der Waals surface area (Å²) in [6, 6.07) is 1.09. The van der Waals surface area contributed by atoms with Crippen molar-refractivity contribution >= 4 is 12.2 Å². The second-order valence-corrected chi connectivity index (χ2v) is 15.5. The summed E-state index contributed by atoms with van der Waals surface area (Å²) in [5.41, 5.74) is -1.55. The van der Waals surface area contributed by atoms with Gasteiger partial charge >= 0.3 is 17.9 Å². The maximum atomic E-state index is 13.3. The van der Waals surface area contributed by atoms with Gasteiger partial charge in [0, 0.05) is 39.1 Å². The standard InChI is InChI=1S/C42H76N4O13/c1-4-6-8-10-12-14-16-18-20-22-26-43-41(53)58-36-32(30-56-39(55-3)35(51)34(50)31(48)25-29-47)57-38(46-28-24-33(49)45-40(46)52)37(36)59-42(54)44-27-23-21-19-17-15-13-11-9-7-5-2/h24,28,31-32,34-39,47-48,50-51H,4-23,25-27,29-30H2,1-3H3,(H,43,53)(H,44,54)(H,45,49,52)/t31-,32-,34?,35+,36?,37+,38-,39+/m1/s1. The van der Waals surface area contributed by atoms with Crippen LogP contribution in [0.25, 0.3) is 0 Å². The van der Waals surface area contributed by atoms with Crippen LogP contribution in [0.3, 0.4) is 0 Å². The molecule has 1 aromatic heterocycles. The Morgan fingerprint density at radius 2 is 1.22 bits per heavy atom. The minimum Gasteiger partial charge on any atom is -0.439 e. The van der Waals surface area contributed by atoms with Crippen LogP contribution in [0.1, 0.15) is 155 Å². The van der Waals surface area contributed by atoms with Crippen LogP contribution in [0.15, 0.2) is 21.9 Å². The number of carbonyl (C=O) groups is 2. The van der Waals surface area contributed by atoms with E-state index in [-0.39, 0.29) is 6.42 Å². The number of aromatic nitrogens is 2. The van der Waals surface area contributed by atoms with Gasteiger partial charge in [0.2, 0.25) is 0 Å². The van der Waals surface area contributed by atoms with Crippen molar-refractivity contribution in [1.29, 1.82) is 0 Å². The van der Waals surface area contributed by atoms with E-state index in [4.69, 9.17) is 28.8 Å². The van der Waals surface area contributed by atoms with E-state index in [9.17, 15) is 34.5 Å². The van der Waals surface area contributed by atoms with Crippen molar-refractivity contribution in [3.8, 4) is 0 Å². The normalized spacial score (nSPS) is 19.8. The highest BCUT2D eigenvalue weighted by molar-refractivity contribution is 5.68. The molecule has 1 aromatic rings. The lowest BCUT2D eigenvalue weighted by molar-refractivity contribution is -0.228. The van der Waals surface area contributed by atoms with Gasteiger partial charge in [0.05, 0.1) is 12.7 Å². The van der Waals surface area contributed by atoms with Crippen molar-refractivity contribution in [2.45, 2.75) is 198 Å².